The van der Waals surface area contributed by atoms with Crippen molar-refractivity contribution in [2.24, 2.45) is 5.92 Å². The molecule has 3 rings (SSSR count). The van der Waals surface area contributed by atoms with Gasteiger partial charge in [-0.25, -0.2) is 9.97 Å². The Balaban J connectivity index is 1.83. The second kappa shape index (κ2) is 6.15. The molecule has 116 valence electrons. The van der Waals surface area contributed by atoms with E-state index in [2.05, 4.69) is 51.8 Å². The van der Waals surface area contributed by atoms with Crippen molar-refractivity contribution in [1.29, 1.82) is 0 Å². The van der Waals surface area contributed by atoms with Crippen molar-refractivity contribution < 1.29 is 4.74 Å². The van der Waals surface area contributed by atoms with Gasteiger partial charge in [-0.2, -0.15) is 0 Å². The largest absolute Gasteiger partial charge is 0.379 e. The predicted molar refractivity (Wildman–Crippen MR) is 83.9 cm³/mol. The smallest absolute Gasteiger partial charge is 0.134 e. The van der Waals surface area contributed by atoms with Crippen molar-refractivity contribution in [3.63, 3.8) is 0 Å². The number of ether oxygens (including phenoxy) is 1. The van der Waals surface area contributed by atoms with E-state index in [1.165, 1.54) is 0 Å². The minimum atomic E-state index is 0.444. The van der Waals surface area contributed by atoms with E-state index in [-0.39, 0.29) is 0 Å². The van der Waals surface area contributed by atoms with Gasteiger partial charge in [0.15, 0.2) is 0 Å². The first-order valence-electron chi connectivity index (χ1n) is 7.73. The van der Waals surface area contributed by atoms with Crippen LogP contribution in [0.3, 0.4) is 0 Å². The van der Waals surface area contributed by atoms with Crippen molar-refractivity contribution in [2.45, 2.75) is 13.0 Å². The van der Waals surface area contributed by atoms with Crippen LogP contribution in [0.4, 0.5) is 11.6 Å². The zero-order chi connectivity index (χ0) is 14.8. The fourth-order valence-corrected chi connectivity index (χ4v) is 3.12. The summed E-state index contributed by atoms with van der Waals surface area (Å²) in [5, 5.41) is 0. The van der Waals surface area contributed by atoms with Gasteiger partial charge in [-0.3, -0.25) is 4.90 Å². The monoisotopic (exact) mass is 291 g/mol. The quantitative estimate of drug-likeness (QED) is 0.817. The topological polar surface area (TPSA) is 44.7 Å². The van der Waals surface area contributed by atoms with E-state index < -0.39 is 0 Å². The summed E-state index contributed by atoms with van der Waals surface area (Å²) in [4.78, 5) is 15.8. The molecular formula is C15H25N5O. The summed E-state index contributed by atoms with van der Waals surface area (Å²) >= 11 is 0. The third-order valence-corrected chi connectivity index (χ3v) is 4.57. The molecule has 0 aromatic carbocycles. The van der Waals surface area contributed by atoms with Gasteiger partial charge in [-0.05, 0) is 14.0 Å². The van der Waals surface area contributed by atoms with Crippen molar-refractivity contribution in [1.82, 2.24) is 14.9 Å². The van der Waals surface area contributed by atoms with Gasteiger partial charge in [0.1, 0.15) is 18.0 Å². The SMILES string of the molecule is CCN(C)c1cc(N2C[C@@H]3COC[C@H](C2)N(C)C3)ncn1. The lowest BCUT2D eigenvalue weighted by molar-refractivity contribution is 0.0930. The first-order valence-corrected chi connectivity index (χ1v) is 7.73. The Bertz CT molecular complexity index is 483. The molecule has 2 aliphatic rings. The first kappa shape index (κ1) is 14.5. The summed E-state index contributed by atoms with van der Waals surface area (Å²) in [6.45, 7) is 7.82. The number of hydrogen-bond donors (Lipinski definition) is 0. The minimum Gasteiger partial charge on any atom is -0.379 e. The molecule has 0 aliphatic carbocycles. The molecule has 0 amide bonds. The molecule has 2 bridgehead atoms. The van der Waals surface area contributed by atoms with Crippen molar-refractivity contribution in [3.05, 3.63) is 12.4 Å². The Hall–Kier alpha value is -1.40. The Morgan fingerprint density at radius 2 is 2.14 bits per heavy atom. The van der Waals surface area contributed by atoms with E-state index in [1.54, 1.807) is 6.33 Å². The summed E-state index contributed by atoms with van der Waals surface area (Å²) < 4.78 is 5.79. The number of anilines is 2. The molecule has 1 aromatic heterocycles. The van der Waals surface area contributed by atoms with Gasteiger partial charge in [0.05, 0.1) is 19.3 Å². The normalized spacial score (nSPS) is 26.5. The fourth-order valence-electron chi connectivity index (χ4n) is 3.12. The summed E-state index contributed by atoms with van der Waals surface area (Å²) in [5.41, 5.74) is 0. The van der Waals surface area contributed by atoms with Crippen LogP contribution >= 0.6 is 0 Å². The molecule has 2 saturated heterocycles. The average molecular weight is 291 g/mol. The molecule has 2 fully saturated rings. The zero-order valence-electron chi connectivity index (χ0n) is 13.2. The third-order valence-electron chi connectivity index (χ3n) is 4.57. The van der Waals surface area contributed by atoms with E-state index in [4.69, 9.17) is 4.74 Å². The van der Waals surface area contributed by atoms with Crippen LogP contribution in [-0.2, 0) is 4.74 Å². The highest BCUT2D eigenvalue weighted by atomic mass is 16.5. The maximum atomic E-state index is 5.79. The maximum absolute atomic E-state index is 5.79. The molecule has 0 spiro atoms. The Kier molecular flexibility index (Phi) is 4.26. The molecule has 0 unspecified atom stereocenters. The highest BCUT2D eigenvalue weighted by Gasteiger charge is 2.31. The van der Waals surface area contributed by atoms with Gasteiger partial charge in [-0.15, -0.1) is 0 Å². The molecule has 2 atom stereocenters. The predicted octanol–water partition coefficient (Wildman–Crippen LogP) is 0.700. The molecule has 3 heterocycles. The van der Waals surface area contributed by atoms with Crippen LogP contribution in [-0.4, -0.2) is 74.4 Å². The van der Waals surface area contributed by atoms with E-state index in [0.29, 0.717) is 12.0 Å². The molecule has 0 radical (unpaired) electrons. The van der Waals surface area contributed by atoms with E-state index in [1.807, 2.05) is 0 Å². The third kappa shape index (κ3) is 3.11. The number of aromatic nitrogens is 2. The molecule has 2 aliphatic heterocycles. The fraction of sp³-hybridized carbons (Fsp3) is 0.733. The van der Waals surface area contributed by atoms with Crippen LogP contribution in [0.1, 0.15) is 6.92 Å². The number of nitrogens with zero attached hydrogens (tertiary/aromatic N) is 5. The van der Waals surface area contributed by atoms with E-state index >= 15 is 0 Å². The lowest BCUT2D eigenvalue weighted by Gasteiger charge is -2.31. The number of likely N-dealkylation sites (N-methyl/N-ethyl adjacent to an activating group) is 1. The summed E-state index contributed by atoms with van der Waals surface area (Å²) in [6.07, 6.45) is 1.68. The number of rotatable bonds is 3. The average Bonchev–Trinajstić information content (AvgIpc) is 2.75. The zero-order valence-corrected chi connectivity index (χ0v) is 13.2. The molecule has 0 saturated carbocycles. The second-order valence-electron chi connectivity index (χ2n) is 6.15. The second-order valence-corrected chi connectivity index (χ2v) is 6.15. The van der Waals surface area contributed by atoms with Crippen LogP contribution in [0.2, 0.25) is 0 Å². The molecule has 1 aromatic rings. The highest BCUT2D eigenvalue weighted by molar-refractivity contribution is 5.50. The van der Waals surface area contributed by atoms with Gasteiger partial charge < -0.3 is 14.5 Å². The summed E-state index contributed by atoms with van der Waals surface area (Å²) in [7, 11) is 4.26. The van der Waals surface area contributed by atoms with Gasteiger partial charge in [0, 0.05) is 45.2 Å². The summed E-state index contributed by atoms with van der Waals surface area (Å²) in [6, 6.07) is 2.55. The van der Waals surface area contributed by atoms with Crippen LogP contribution in [0.5, 0.6) is 0 Å². The number of fused-ring (bicyclic) bond motifs is 3. The van der Waals surface area contributed by atoms with Crippen molar-refractivity contribution >= 4 is 11.6 Å². The van der Waals surface area contributed by atoms with Gasteiger partial charge in [-0.1, -0.05) is 0 Å². The summed E-state index contributed by atoms with van der Waals surface area (Å²) in [5.74, 6) is 2.57. The van der Waals surface area contributed by atoms with Crippen LogP contribution in [0.15, 0.2) is 12.4 Å². The van der Waals surface area contributed by atoms with Crippen LogP contribution in [0, 0.1) is 5.92 Å². The Morgan fingerprint density at radius 3 is 2.95 bits per heavy atom. The van der Waals surface area contributed by atoms with Crippen LogP contribution in [0.25, 0.3) is 0 Å². The van der Waals surface area contributed by atoms with E-state index in [0.717, 1.165) is 51.0 Å². The molecule has 0 N–H and O–H groups in total. The molecule has 6 heteroatoms. The van der Waals surface area contributed by atoms with Crippen molar-refractivity contribution in [3.8, 4) is 0 Å². The minimum absolute atomic E-state index is 0.444. The maximum Gasteiger partial charge on any atom is 0.134 e. The number of hydrogen-bond acceptors (Lipinski definition) is 6. The van der Waals surface area contributed by atoms with E-state index in [9.17, 15) is 0 Å². The van der Waals surface area contributed by atoms with Gasteiger partial charge in [0.2, 0.25) is 0 Å². The first-order chi connectivity index (χ1) is 10.2. The van der Waals surface area contributed by atoms with Crippen LogP contribution < -0.4 is 9.80 Å². The molecule has 6 nitrogen and oxygen atoms in total. The highest BCUT2D eigenvalue weighted by Crippen LogP contribution is 2.24. The Morgan fingerprint density at radius 1 is 1.29 bits per heavy atom. The lowest BCUT2D eigenvalue weighted by Crippen LogP contribution is -2.42. The Labute approximate surface area is 126 Å². The molecular weight excluding hydrogens is 266 g/mol. The molecule has 21 heavy (non-hydrogen) atoms. The van der Waals surface area contributed by atoms with Gasteiger partial charge in [0.25, 0.3) is 0 Å². The lowest BCUT2D eigenvalue weighted by atomic mass is 10.1. The standard InChI is InChI=1S/C15H25N5O/c1-4-18(2)14-5-15(17-11-16-14)20-7-12-6-19(3)13(8-20)10-21-9-12/h5,11-13H,4,6-10H2,1-3H3/t12-,13+/m1/s1. The van der Waals surface area contributed by atoms with Gasteiger partial charge >= 0.3 is 0 Å². The van der Waals surface area contributed by atoms with Crippen molar-refractivity contribution in [2.75, 3.05) is 63.3 Å².